The van der Waals surface area contributed by atoms with Gasteiger partial charge in [0.15, 0.2) is 0 Å². The number of nitrogens with one attached hydrogen (secondary N) is 1. The summed E-state index contributed by atoms with van der Waals surface area (Å²) in [5.41, 5.74) is 5.25. The van der Waals surface area contributed by atoms with E-state index in [1.807, 2.05) is 78.9 Å². The maximum atomic E-state index is 13.5. The number of nitrogens with zero attached hydrogens (tertiary/aromatic N) is 2. The summed E-state index contributed by atoms with van der Waals surface area (Å²) in [6.45, 7) is 4.48. The van der Waals surface area contributed by atoms with Gasteiger partial charge in [0.25, 0.3) is 5.91 Å². The number of hydrogen-bond acceptors (Lipinski definition) is 5. The monoisotopic (exact) mass is 672 g/mol. The highest BCUT2D eigenvalue weighted by atomic mass is 35.5. The van der Waals surface area contributed by atoms with E-state index in [1.54, 1.807) is 29.2 Å². The lowest BCUT2D eigenvalue weighted by molar-refractivity contribution is -0.126. The molecule has 1 fully saturated rings. The maximum Gasteiger partial charge on any atom is 0.251 e. The molecule has 0 spiro atoms. The number of likely N-dealkylation sites (tertiary alicyclic amines) is 1. The molecule has 0 saturated carbocycles. The zero-order valence-corrected chi connectivity index (χ0v) is 27.9. The van der Waals surface area contributed by atoms with Crippen LogP contribution < -0.4 is 10.5 Å². The number of rotatable bonds is 13. The van der Waals surface area contributed by atoms with Gasteiger partial charge in [-0.25, -0.2) is 13.6 Å². The molecule has 0 bridgehead atoms. The number of amides is 2. The Hall–Kier alpha value is -4.28. The van der Waals surface area contributed by atoms with E-state index in [0.29, 0.717) is 31.6 Å². The quantitative estimate of drug-likeness (QED) is 0.181. The second-order valence-corrected chi connectivity index (χ2v) is 13.1. The predicted octanol–water partition coefficient (Wildman–Crippen LogP) is 5.53. The molecule has 8 nitrogen and oxygen atoms in total. The largest absolute Gasteiger partial charge is 0.351 e. The van der Waals surface area contributed by atoms with Gasteiger partial charge in [-0.15, -0.1) is 12.4 Å². The first-order valence-corrected chi connectivity index (χ1v) is 17.1. The lowest BCUT2D eigenvalue weighted by Gasteiger charge is -2.22. The minimum atomic E-state index is -3.78. The van der Waals surface area contributed by atoms with E-state index in [0.717, 1.165) is 47.5 Å². The molecule has 0 radical (unpaired) electrons. The standard InChI is InChI=1S/C37H40N4O4S.ClH/c38-46(44,45)35-17-14-30(15-18-35)20-24-41(36(42)19-16-29-8-2-1-3-9-29)28-31-10-6-11-32(26-31)33-12-7-13-34(27-33)37(43)39-21-25-40-22-4-5-23-40;/h1-3,6-19,26-27H,4-5,20-25,28H2,(H,39,43)(H2,38,44,45);1H. The van der Waals surface area contributed by atoms with E-state index >= 15 is 0 Å². The van der Waals surface area contributed by atoms with Crippen molar-refractivity contribution in [3.8, 4) is 11.1 Å². The number of nitrogens with two attached hydrogens (primary N) is 1. The van der Waals surface area contributed by atoms with Gasteiger partial charge >= 0.3 is 0 Å². The molecular formula is C37H41ClN4O4S. The Morgan fingerprint density at radius 1 is 0.830 bits per heavy atom. The summed E-state index contributed by atoms with van der Waals surface area (Å²) in [7, 11) is -3.78. The number of carbonyl (C=O) groups excluding carboxylic acids is 2. The Labute approximate surface area is 283 Å². The molecule has 1 heterocycles. The van der Waals surface area contributed by atoms with Crippen LogP contribution in [0, 0.1) is 0 Å². The van der Waals surface area contributed by atoms with Gasteiger partial charge in [0.05, 0.1) is 4.90 Å². The lowest BCUT2D eigenvalue weighted by Crippen LogP contribution is -2.33. The Morgan fingerprint density at radius 3 is 2.21 bits per heavy atom. The van der Waals surface area contributed by atoms with Gasteiger partial charge in [-0.2, -0.15) is 0 Å². The van der Waals surface area contributed by atoms with Crippen molar-refractivity contribution in [3.63, 3.8) is 0 Å². The fourth-order valence-corrected chi connectivity index (χ4v) is 6.08. The Kier molecular flexibility index (Phi) is 12.9. The molecule has 0 unspecified atom stereocenters. The van der Waals surface area contributed by atoms with Crippen LogP contribution in [0.15, 0.2) is 114 Å². The molecule has 10 heteroatoms. The van der Waals surface area contributed by atoms with Gasteiger partial charge in [-0.1, -0.05) is 72.8 Å². The number of primary sulfonamides is 1. The number of sulfonamides is 1. The number of halogens is 1. The van der Waals surface area contributed by atoms with Crippen LogP contribution in [-0.2, 0) is 27.8 Å². The third-order valence-electron chi connectivity index (χ3n) is 8.12. The molecule has 246 valence electrons. The van der Waals surface area contributed by atoms with E-state index in [2.05, 4.69) is 10.2 Å². The topological polar surface area (TPSA) is 113 Å². The summed E-state index contributed by atoms with van der Waals surface area (Å²) in [6, 6.07) is 31.7. The summed E-state index contributed by atoms with van der Waals surface area (Å²) >= 11 is 0. The molecule has 47 heavy (non-hydrogen) atoms. The lowest BCUT2D eigenvalue weighted by atomic mass is 10.0. The minimum absolute atomic E-state index is 0. The first kappa shape index (κ1) is 35.6. The van der Waals surface area contributed by atoms with Gasteiger partial charge in [0.2, 0.25) is 15.9 Å². The van der Waals surface area contributed by atoms with Crippen molar-refractivity contribution in [2.45, 2.75) is 30.7 Å². The Balaban J connectivity index is 0.00000500. The molecule has 1 saturated heterocycles. The summed E-state index contributed by atoms with van der Waals surface area (Å²) in [5.74, 6) is -0.223. The highest BCUT2D eigenvalue weighted by molar-refractivity contribution is 7.89. The van der Waals surface area contributed by atoms with Crippen LogP contribution in [0.3, 0.4) is 0 Å². The molecule has 0 atom stereocenters. The van der Waals surface area contributed by atoms with Gasteiger partial charge in [-0.3, -0.25) is 9.59 Å². The molecule has 0 aromatic heterocycles. The second-order valence-electron chi connectivity index (χ2n) is 11.5. The highest BCUT2D eigenvalue weighted by Gasteiger charge is 2.15. The fourth-order valence-electron chi connectivity index (χ4n) is 5.56. The normalized spacial score (nSPS) is 13.3. The first-order chi connectivity index (χ1) is 22.2. The first-order valence-electron chi connectivity index (χ1n) is 15.6. The summed E-state index contributed by atoms with van der Waals surface area (Å²) < 4.78 is 23.3. The van der Waals surface area contributed by atoms with Gasteiger partial charge in [0.1, 0.15) is 0 Å². The summed E-state index contributed by atoms with van der Waals surface area (Å²) in [5, 5.41) is 8.29. The zero-order chi connectivity index (χ0) is 32.4. The molecule has 5 rings (SSSR count). The molecule has 2 amide bonds. The minimum Gasteiger partial charge on any atom is -0.351 e. The molecule has 0 aliphatic carbocycles. The number of hydrogen-bond donors (Lipinski definition) is 2. The van der Waals surface area contributed by atoms with Crippen LogP contribution in [0.25, 0.3) is 17.2 Å². The van der Waals surface area contributed by atoms with E-state index in [9.17, 15) is 18.0 Å². The van der Waals surface area contributed by atoms with Crippen molar-refractivity contribution in [1.82, 2.24) is 15.1 Å². The molecule has 4 aromatic carbocycles. The molecule has 1 aliphatic heterocycles. The van der Waals surface area contributed by atoms with Gasteiger partial charge in [0, 0.05) is 37.8 Å². The third kappa shape index (κ3) is 10.6. The summed E-state index contributed by atoms with van der Waals surface area (Å²) in [6.07, 6.45) is 6.36. The maximum absolute atomic E-state index is 13.5. The average molecular weight is 673 g/mol. The molecule has 4 aromatic rings. The van der Waals surface area contributed by atoms with Crippen LogP contribution in [-0.4, -0.2) is 62.8 Å². The SMILES string of the molecule is Cl.NS(=O)(=O)c1ccc(CCN(Cc2cccc(-c3cccc(C(=O)NCCN4CCCC4)c3)c2)C(=O)C=Cc2ccccc2)cc1. The van der Waals surface area contributed by atoms with E-state index < -0.39 is 10.0 Å². The van der Waals surface area contributed by atoms with E-state index in [4.69, 9.17) is 5.14 Å². The number of benzene rings is 4. The van der Waals surface area contributed by atoms with E-state index in [1.165, 1.54) is 25.0 Å². The fraction of sp³-hybridized carbons (Fsp3) is 0.243. The van der Waals surface area contributed by atoms with Gasteiger partial charge < -0.3 is 15.1 Å². The average Bonchev–Trinajstić information content (AvgIpc) is 3.59. The molecule has 1 aliphatic rings. The van der Waals surface area contributed by atoms with Crippen molar-refractivity contribution in [2.24, 2.45) is 5.14 Å². The van der Waals surface area contributed by atoms with Crippen molar-refractivity contribution in [3.05, 3.63) is 131 Å². The molecule has 3 N–H and O–H groups in total. The van der Waals surface area contributed by atoms with Crippen molar-refractivity contribution >= 4 is 40.3 Å². The Morgan fingerprint density at radius 2 is 1.51 bits per heavy atom. The van der Waals surface area contributed by atoms with Crippen LogP contribution in [0.5, 0.6) is 0 Å². The second kappa shape index (κ2) is 17.0. The summed E-state index contributed by atoms with van der Waals surface area (Å²) in [4.78, 5) is 30.6. The van der Waals surface area contributed by atoms with Crippen LogP contribution in [0.1, 0.15) is 39.9 Å². The van der Waals surface area contributed by atoms with Crippen LogP contribution in [0.2, 0.25) is 0 Å². The van der Waals surface area contributed by atoms with Crippen LogP contribution in [0.4, 0.5) is 0 Å². The van der Waals surface area contributed by atoms with Crippen molar-refractivity contribution < 1.29 is 18.0 Å². The smallest absolute Gasteiger partial charge is 0.251 e. The van der Waals surface area contributed by atoms with Crippen molar-refractivity contribution in [1.29, 1.82) is 0 Å². The predicted molar refractivity (Wildman–Crippen MR) is 190 cm³/mol. The van der Waals surface area contributed by atoms with E-state index in [-0.39, 0.29) is 29.1 Å². The molecular weight excluding hydrogens is 632 g/mol. The third-order valence-corrected chi connectivity index (χ3v) is 9.05. The number of carbonyl (C=O) groups is 2. The van der Waals surface area contributed by atoms with Gasteiger partial charge in [-0.05, 0) is 96.6 Å². The van der Waals surface area contributed by atoms with Crippen molar-refractivity contribution in [2.75, 3.05) is 32.7 Å². The zero-order valence-electron chi connectivity index (χ0n) is 26.3. The Bertz CT molecular complexity index is 1770. The highest BCUT2D eigenvalue weighted by Crippen LogP contribution is 2.23. The van der Waals surface area contributed by atoms with Crippen LogP contribution >= 0.6 is 12.4 Å².